The molecule has 0 aromatic rings. The highest BCUT2D eigenvalue weighted by Gasteiger charge is 2.32. The predicted molar refractivity (Wildman–Crippen MR) is 74.1 cm³/mol. The molecule has 0 bridgehead atoms. The zero-order valence-electron chi connectivity index (χ0n) is 13.0. The molecule has 0 aromatic heterocycles. The van der Waals surface area contributed by atoms with Gasteiger partial charge >= 0.3 is 12.1 Å². The van der Waals surface area contributed by atoms with Gasteiger partial charge in [-0.2, -0.15) is 0 Å². The van der Waals surface area contributed by atoms with E-state index in [1.165, 1.54) is 7.11 Å². The Balaban J connectivity index is 4.68. The van der Waals surface area contributed by atoms with Crippen molar-refractivity contribution in [1.29, 1.82) is 0 Å². The Labute approximate surface area is 124 Å². The van der Waals surface area contributed by atoms with Crippen LogP contribution in [0.1, 0.15) is 20.8 Å². The third-order valence-corrected chi connectivity index (χ3v) is 2.37. The van der Waals surface area contributed by atoms with E-state index in [2.05, 4.69) is 0 Å². The molecule has 1 unspecified atom stereocenters. The number of carbonyl (C=O) groups excluding carboxylic acids is 1. The predicted octanol–water partition coefficient (Wildman–Crippen LogP) is 0.332. The summed E-state index contributed by atoms with van der Waals surface area (Å²) < 4.78 is 15.2. The van der Waals surface area contributed by atoms with Gasteiger partial charge in [0.2, 0.25) is 0 Å². The van der Waals surface area contributed by atoms with Crippen molar-refractivity contribution in [3.05, 3.63) is 0 Å². The van der Waals surface area contributed by atoms with Gasteiger partial charge in [-0.05, 0) is 20.8 Å². The van der Waals surface area contributed by atoms with Crippen molar-refractivity contribution in [3.8, 4) is 0 Å². The second-order valence-corrected chi connectivity index (χ2v) is 5.32. The minimum absolute atomic E-state index is 0.00382. The van der Waals surface area contributed by atoms with E-state index in [4.69, 9.17) is 24.4 Å². The van der Waals surface area contributed by atoms with E-state index < -0.39 is 30.3 Å². The number of aliphatic carboxylic acids is 1. The van der Waals surface area contributed by atoms with Gasteiger partial charge in [-0.25, -0.2) is 9.59 Å². The number of amides is 1. The molecular formula is C13H25NO7. The van der Waals surface area contributed by atoms with Crippen LogP contribution in [-0.2, 0) is 19.0 Å². The average molecular weight is 307 g/mol. The molecular weight excluding hydrogens is 282 g/mol. The van der Waals surface area contributed by atoms with E-state index in [0.717, 1.165) is 4.90 Å². The SMILES string of the molecule is COCCOCCN(C(=O)OC(C)(C)C)C(CO)C(=O)O. The maximum Gasteiger partial charge on any atom is 0.411 e. The molecule has 1 amide bonds. The molecule has 0 saturated heterocycles. The molecule has 0 aliphatic carbocycles. The minimum Gasteiger partial charge on any atom is -0.480 e. The molecule has 0 aliphatic rings. The second-order valence-electron chi connectivity index (χ2n) is 5.32. The second kappa shape index (κ2) is 9.54. The molecule has 124 valence electrons. The Morgan fingerprint density at radius 3 is 2.24 bits per heavy atom. The molecule has 8 nitrogen and oxygen atoms in total. The molecule has 0 heterocycles. The van der Waals surface area contributed by atoms with E-state index >= 15 is 0 Å². The molecule has 0 aliphatic heterocycles. The van der Waals surface area contributed by atoms with Gasteiger partial charge in [0.05, 0.1) is 26.4 Å². The van der Waals surface area contributed by atoms with E-state index in [1.807, 2.05) is 0 Å². The normalized spacial score (nSPS) is 12.8. The third-order valence-electron chi connectivity index (χ3n) is 2.37. The number of aliphatic hydroxyl groups excluding tert-OH is 1. The number of carbonyl (C=O) groups is 2. The summed E-state index contributed by atoms with van der Waals surface area (Å²) in [6, 6.07) is -1.37. The number of hydrogen-bond donors (Lipinski definition) is 2. The van der Waals surface area contributed by atoms with Gasteiger partial charge in [0.25, 0.3) is 0 Å². The van der Waals surface area contributed by atoms with Crippen LogP contribution in [0, 0.1) is 0 Å². The topological polar surface area (TPSA) is 106 Å². The van der Waals surface area contributed by atoms with Gasteiger partial charge in [0.1, 0.15) is 5.60 Å². The van der Waals surface area contributed by atoms with Crippen LogP contribution in [0.2, 0.25) is 0 Å². The Morgan fingerprint density at radius 2 is 1.81 bits per heavy atom. The third kappa shape index (κ3) is 8.49. The first-order valence-electron chi connectivity index (χ1n) is 6.63. The number of aliphatic hydroxyl groups is 1. The highest BCUT2D eigenvalue weighted by molar-refractivity contribution is 5.80. The van der Waals surface area contributed by atoms with Crippen LogP contribution in [0.15, 0.2) is 0 Å². The lowest BCUT2D eigenvalue weighted by molar-refractivity contribution is -0.145. The van der Waals surface area contributed by atoms with Gasteiger partial charge in [-0.1, -0.05) is 0 Å². The number of carboxylic acid groups (broad SMARTS) is 1. The maximum atomic E-state index is 12.0. The fourth-order valence-corrected chi connectivity index (χ4v) is 1.41. The molecule has 0 radical (unpaired) electrons. The molecule has 1 atom stereocenters. The first-order valence-corrected chi connectivity index (χ1v) is 6.63. The highest BCUT2D eigenvalue weighted by Crippen LogP contribution is 2.12. The van der Waals surface area contributed by atoms with E-state index in [9.17, 15) is 9.59 Å². The number of ether oxygens (including phenoxy) is 3. The van der Waals surface area contributed by atoms with Crippen molar-refractivity contribution in [1.82, 2.24) is 4.90 Å². The fraction of sp³-hybridized carbons (Fsp3) is 0.846. The summed E-state index contributed by atoms with van der Waals surface area (Å²) >= 11 is 0. The van der Waals surface area contributed by atoms with Gasteiger partial charge in [-0.15, -0.1) is 0 Å². The summed E-state index contributed by atoms with van der Waals surface area (Å²) in [5, 5.41) is 18.2. The van der Waals surface area contributed by atoms with Crippen LogP contribution in [0.25, 0.3) is 0 Å². The van der Waals surface area contributed by atoms with E-state index in [1.54, 1.807) is 20.8 Å². The summed E-state index contributed by atoms with van der Waals surface area (Å²) in [6.45, 7) is 5.16. The maximum absolute atomic E-state index is 12.0. The molecule has 0 saturated carbocycles. The van der Waals surface area contributed by atoms with Crippen LogP contribution in [0.4, 0.5) is 4.79 Å². The van der Waals surface area contributed by atoms with Crippen molar-refractivity contribution in [2.24, 2.45) is 0 Å². The molecule has 0 rings (SSSR count). The van der Waals surface area contributed by atoms with Crippen molar-refractivity contribution >= 4 is 12.1 Å². The summed E-state index contributed by atoms with van der Waals surface area (Å²) in [5.41, 5.74) is -0.759. The monoisotopic (exact) mass is 307 g/mol. The van der Waals surface area contributed by atoms with Crippen molar-refractivity contribution in [2.75, 3.05) is 40.1 Å². The van der Waals surface area contributed by atoms with Gasteiger partial charge in [-0.3, -0.25) is 4.90 Å². The Bertz CT molecular complexity index is 327. The molecule has 0 spiro atoms. The van der Waals surface area contributed by atoms with Crippen molar-refractivity contribution in [3.63, 3.8) is 0 Å². The zero-order chi connectivity index (χ0) is 16.5. The van der Waals surface area contributed by atoms with E-state index in [0.29, 0.717) is 13.2 Å². The molecule has 2 N–H and O–H groups in total. The minimum atomic E-state index is -1.37. The Hall–Kier alpha value is -1.38. The fourth-order valence-electron chi connectivity index (χ4n) is 1.41. The largest absolute Gasteiger partial charge is 0.480 e. The number of hydrogen-bond acceptors (Lipinski definition) is 6. The lowest BCUT2D eigenvalue weighted by Crippen LogP contribution is -2.50. The van der Waals surface area contributed by atoms with Crippen LogP contribution in [-0.4, -0.2) is 78.9 Å². The molecule has 21 heavy (non-hydrogen) atoms. The van der Waals surface area contributed by atoms with Crippen LogP contribution in [0.5, 0.6) is 0 Å². The lowest BCUT2D eigenvalue weighted by atomic mass is 10.2. The number of nitrogens with zero attached hydrogens (tertiary/aromatic N) is 1. The van der Waals surface area contributed by atoms with Crippen molar-refractivity contribution < 1.29 is 34.0 Å². The lowest BCUT2D eigenvalue weighted by Gasteiger charge is -2.30. The van der Waals surface area contributed by atoms with Crippen LogP contribution in [0.3, 0.4) is 0 Å². The molecule has 0 aromatic carbocycles. The number of rotatable bonds is 9. The Morgan fingerprint density at radius 1 is 1.19 bits per heavy atom. The van der Waals surface area contributed by atoms with Gasteiger partial charge < -0.3 is 24.4 Å². The zero-order valence-corrected chi connectivity index (χ0v) is 13.0. The van der Waals surface area contributed by atoms with Gasteiger partial charge in [0.15, 0.2) is 6.04 Å². The number of methoxy groups -OCH3 is 1. The summed E-state index contributed by atoms with van der Waals surface area (Å²) in [6.07, 6.45) is -0.806. The quantitative estimate of drug-likeness (QED) is 0.591. The highest BCUT2D eigenvalue weighted by atomic mass is 16.6. The van der Waals surface area contributed by atoms with Crippen LogP contribution >= 0.6 is 0 Å². The summed E-state index contributed by atoms with van der Waals surface area (Å²) in [4.78, 5) is 24.1. The first-order chi connectivity index (χ1) is 9.72. The molecule has 0 fully saturated rings. The average Bonchev–Trinajstić information content (AvgIpc) is 2.34. The van der Waals surface area contributed by atoms with Crippen molar-refractivity contribution in [2.45, 2.75) is 32.4 Å². The van der Waals surface area contributed by atoms with E-state index in [-0.39, 0.29) is 13.2 Å². The first kappa shape index (κ1) is 19.6. The standard InChI is InChI=1S/C13H25NO7/c1-13(2,3)21-12(18)14(10(9-15)11(16)17)5-6-20-8-7-19-4/h10,15H,5-9H2,1-4H3,(H,16,17). The smallest absolute Gasteiger partial charge is 0.411 e. The van der Waals surface area contributed by atoms with Gasteiger partial charge in [0, 0.05) is 13.7 Å². The summed E-state index contributed by atoms with van der Waals surface area (Å²) in [5.74, 6) is -1.31. The van der Waals surface area contributed by atoms with Crippen LogP contribution < -0.4 is 0 Å². The molecule has 8 heteroatoms. The Kier molecular flexibility index (Phi) is 8.91. The summed E-state index contributed by atoms with van der Waals surface area (Å²) in [7, 11) is 1.53. The number of carboxylic acids is 1.